The van der Waals surface area contributed by atoms with E-state index in [1.807, 2.05) is 32.9 Å². The fourth-order valence-corrected chi connectivity index (χ4v) is 2.68. The van der Waals surface area contributed by atoms with Gasteiger partial charge in [0.05, 0.1) is 5.39 Å². The number of aliphatic carboxylic acids is 1. The largest absolute Gasteiger partial charge is 0.479 e. The van der Waals surface area contributed by atoms with Gasteiger partial charge in [-0.25, -0.2) is 4.79 Å². The Morgan fingerprint density at radius 1 is 1.11 bits per heavy atom. The molecule has 0 aliphatic carbocycles. The van der Waals surface area contributed by atoms with Crippen LogP contribution in [0.3, 0.4) is 0 Å². The number of carbonyl (C=O) groups is 1. The van der Waals surface area contributed by atoms with E-state index in [0.29, 0.717) is 22.5 Å². The average Bonchev–Trinajstić information content (AvgIpc) is 2.63. The van der Waals surface area contributed by atoms with Crippen molar-refractivity contribution in [2.75, 3.05) is 0 Å². The lowest BCUT2D eigenvalue weighted by atomic mass is 10.1. The molecule has 0 aliphatic rings. The normalized spacial score (nSPS) is 12.0. The Labute approximate surface area is 156 Å². The molecule has 0 amide bonds. The van der Waals surface area contributed by atoms with E-state index < -0.39 is 12.1 Å². The minimum absolute atomic E-state index is 0.0897. The summed E-state index contributed by atoms with van der Waals surface area (Å²) in [5.74, 6) is -0.0486. The maximum Gasteiger partial charge on any atom is 0.344 e. The molecule has 1 unspecified atom stereocenters. The number of hydrogen-bond acceptors (Lipinski definition) is 5. The van der Waals surface area contributed by atoms with Gasteiger partial charge in [0, 0.05) is 6.07 Å². The van der Waals surface area contributed by atoms with E-state index in [0.717, 1.165) is 16.7 Å². The second-order valence-corrected chi connectivity index (χ2v) is 6.44. The molecule has 3 rings (SSSR count). The lowest BCUT2D eigenvalue weighted by molar-refractivity contribution is -0.144. The lowest BCUT2D eigenvalue weighted by Gasteiger charge is -2.13. The molecular formula is C21H20O6. The fourth-order valence-electron chi connectivity index (χ4n) is 2.68. The maximum atomic E-state index is 12.8. The summed E-state index contributed by atoms with van der Waals surface area (Å²) in [6.07, 6.45) is 0.250. The molecule has 0 bridgehead atoms. The van der Waals surface area contributed by atoms with Crippen molar-refractivity contribution in [3.05, 3.63) is 63.5 Å². The highest BCUT2D eigenvalue weighted by Gasteiger charge is 2.16. The molecule has 140 valence electrons. The van der Waals surface area contributed by atoms with Crippen molar-refractivity contribution >= 4 is 16.9 Å². The highest BCUT2D eigenvalue weighted by molar-refractivity contribution is 5.79. The Hall–Kier alpha value is -3.28. The van der Waals surface area contributed by atoms with Crippen molar-refractivity contribution in [1.29, 1.82) is 0 Å². The quantitative estimate of drug-likeness (QED) is 0.720. The first kappa shape index (κ1) is 18.5. The zero-order valence-corrected chi connectivity index (χ0v) is 15.5. The Bertz CT molecular complexity index is 1080. The summed E-state index contributed by atoms with van der Waals surface area (Å²) in [5.41, 5.74) is 2.93. The van der Waals surface area contributed by atoms with Crippen LogP contribution in [0.15, 0.2) is 45.8 Å². The molecule has 1 aromatic heterocycles. The smallest absolute Gasteiger partial charge is 0.344 e. The molecule has 27 heavy (non-hydrogen) atoms. The van der Waals surface area contributed by atoms with Gasteiger partial charge in [-0.15, -0.1) is 0 Å². The third-order valence-electron chi connectivity index (χ3n) is 4.46. The first-order valence-electron chi connectivity index (χ1n) is 8.47. The molecule has 1 N–H and O–H groups in total. The Morgan fingerprint density at radius 3 is 2.52 bits per heavy atom. The van der Waals surface area contributed by atoms with Gasteiger partial charge in [0.1, 0.15) is 23.3 Å². The number of rotatable bonds is 5. The number of ether oxygens (including phenoxy) is 2. The molecule has 3 aromatic rings. The molecule has 0 aliphatic heterocycles. The van der Waals surface area contributed by atoms with Crippen LogP contribution in [0.2, 0.25) is 0 Å². The van der Waals surface area contributed by atoms with Gasteiger partial charge >= 0.3 is 5.97 Å². The van der Waals surface area contributed by atoms with Crippen molar-refractivity contribution in [3.63, 3.8) is 0 Å². The van der Waals surface area contributed by atoms with Gasteiger partial charge < -0.3 is 19.0 Å². The standard InChI is InChI=1S/C21H20O6/c1-11-5-6-12(2)20(13(11)3)27-18-10-25-17-9-15(26-14(4)21(23)24)7-8-16(17)19(18)22/h5-10,14H,1-4H3,(H,23,24). The van der Waals surface area contributed by atoms with E-state index >= 15 is 0 Å². The lowest BCUT2D eigenvalue weighted by Crippen LogP contribution is -2.22. The molecule has 0 fully saturated rings. The van der Waals surface area contributed by atoms with E-state index in [9.17, 15) is 9.59 Å². The highest BCUT2D eigenvalue weighted by atomic mass is 16.5. The molecule has 1 heterocycles. The summed E-state index contributed by atoms with van der Waals surface area (Å²) in [4.78, 5) is 23.7. The maximum absolute atomic E-state index is 12.8. The third kappa shape index (κ3) is 3.65. The van der Waals surface area contributed by atoms with Crippen molar-refractivity contribution in [2.45, 2.75) is 33.8 Å². The average molecular weight is 368 g/mol. The van der Waals surface area contributed by atoms with Crippen LogP contribution < -0.4 is 14.9 Å². The SMILES string of the molecule is Cc1ccc(C)c(Oc2coc3cc(OC(C)C(=O)O)ccc3c2=O)c1C. The number of fused-ring (bicyclic) bond motifs is 1. The van der Waals surface area contributed by atoms with Crippen LogP contribution in [0.25, 0.3) is 11.0 Å². The zero-order chi connectivity index (χ0) is 19.7. The van der Waals surface area contributed by atoms with Crippen molar-refractivity contribution in [1.82, 2.24) is 0 Å². The van der Waals surface area contributed by atoms with Crippen LogP contribution in [-0.4, -0.2) is 17.2 Å². The van der Waals surface area contributed by atoms with Gasteiger partial charge in [0.2, 0.25) is 11.2 Å². The van der Waals surface area contributed by atoms with E-state index in [-0.39, 0.29) is 11.2 Å². The minimum atomic E-state index is -1.08. The summed E-state index contributed by atoms with van der Waals surface area (Å²) >= 11 is 0. The van der Waals surface area contributed by atoms with Gasteiger partial charge in [-0.1, -0.05) is 12.1 Å². The second-order valence-electron chi connectivity index (χ2n) is 6.44. The van der Waals surface area contributed by atoms with Crippen LogP contribution in [-0.2, 0) is 4.79 Å². The summed E-state index contributed by atoms with van der Waals surface area (Å²) in [6, 6.07) is 8.50. The molecule has 0 saturated carbocycles. The fraction of sp³-hybridized carbons (Fsp3) is 0.238. The molecule has 6 heteroatoms. The summed E-state index contributed by atoms with van der Waals surface area (Å²) in [7, 11) is 0. The third-order valence-corrected chi connectivity index (χ3v) is 4.46. The van der Waals surface area contributed by atoms with E-state index in [1.54, 1.807) is 0 Å². The monoisotopic (exact) mass is 368 g/mol. The predicted octanol–water partition coefficient (Wildman–Crippen LogP) is 4.36. The van der Waals surface area contributed by atoms with Crippen molar-refractivity contribution < 1.29 is 23.8 Å². The Morgan fingerprint density at radius 2 is 1.81 bits per heavy atom. The topological polar surface area (TPSA) is 86.0 Å². The van der Waals surface area contributed by atoms with Gasteiger partial charge in [0.15, 0.2) is 6.10 Å². The Kier molecular flexibility index (Phi) is 4.90. The van der Waals surface area contributed by atoms with Gasteiger partial charge in [-0.2, -0.15) is 0 Å². The number of carboxylic acids is 1. The van der Waals surface area contributed by atoms with Crippen LogP contribution in [0.4, 0.5) is 0 Å². The number of carboxylic acid groups (broad SMARTS) is 1. The van der Waals surface area contributed by atoms with E-state index in [1.165, 1.54) is 31.4 Å². The number of hydrogen-bond donors (Lipinski definition) is 1. The van der Waals surface area contributed by atoms with Crippen molar-refractivity contribution in [2.24, 2.45) is 0 Å². The van der Waals surface area contributed by atoms with E-state index in [2.05, 4.69) is 0 Å². The van der Waals surface area contributed by atoms with Crippen LogP contribution in [0, 0.1) is 20.8 Å². The number of aryl methyl sites for hydroxylation is 2. The minimum Gasteiger partial charge on any atom is -0.479 e. The first-order valence-corrected chi connectivity index (χ1v) is 8.47. The summed E-state index contributed by atoms with van der Waals surface area (Å²) < 4.78 is 16.7. The molecular weight excluding hydrogens is 348 g/mol. The van der Waals surface area contributed by atoms with Gasteiger partial charge in [-0.3, -0.25) is 4.79 Å². The molecule has 6 nitrogen and oxygen atoms in total. The molecule has 0 radical (unpaired) electrons. The summed E-state index contributed by atoms with van der Waals surface area (Å²) in [5, 5.41) is 9.25. The predicted molar refractivity (Wildman–Crippen MR) is 101 cm³/mol. The van der Waals surface area contributed by atoms with Crippen LogP contribution in [0.1, 0.15) is 23.6 Å². The second kappa shape index (κ2) is 7.15. The Balaban J connectivity index is 1.98. The molecule has 1 atom stereocenters. The molecule has 0 spiro atoms. The van der Waals surface area contributed by atoms with Crippen molar-refractivity contribution in [3.8, 4) is 17.2 Å². The highest BCUT2D eigenvalue weighted by Crippen LogP contribution is 2.30. The molecule has 0 saturated heterocycles. The first-order chi connectivity index (χ1) is 12.8. The van der Waals surface area contributed by atoms with Crippen LogP contribution in [0.5, 0.6) is 17.2 Å². The van der Waals surface area contributed by atoms with Crippen LogP contribution >= 0.6 is 0 Å². The number of benzene rings is 2. The molecule has 2 aromatic carbocycles. The summed E-state index contributed by atoms with van der Waals surface area (Å²) in [6.45, 7) is 7.25. The van der Waals surface area contributed by atoms with Gasteiger partial charge in [-0.05, 0) is 56.5 Å². The van der Waals surface area contributed by atoms with Gasteiger partial charge in [0.25, 0.3) is 0 Å². The van der Waals surface area contributed by atoms with E-state index in [4.69, 9.17) is 19.0 Å². The zero-order valence-electron chi connectivity index (χ0n) is 15.5.